The van der Waals surface area contributed by atoms with Crippen LogP contribution in [0, 0.1) is 6.92 Å². The molecule has 2 aromatic carbocycles. The summed E-state index contributed by atoms with van der Waals surface area (Å²) in [6, 6.07) is 14.3. The van der Waals surface area contributed by atoms with Crippen LogP contribution in [0.15, 0.2) is 42.5 Å². The van der Waals surface area contributed by atoms with Crippen molar-refractivity contribution in [2.75, 3.05) is 6.61 Å². The fourth-order valence-corrected chi connectivity index (χ4v) is 3.77. The standard InChI is InChI=1S/C23H28O5/c1-14-2-5-16(22-11-18(25)10-20(13-24)28-22)9-17(14)8-15-3-6-19(7-4-15)27-23-12-21(23)26/h2-7,9,18,20-26H,8,10-13H2,1H3/t18?,20-,21?,22+,23?/m0/s1. The minimum atomic E-state index is -0.446. The quantitative estimate of drug-likeness (QED) is 0.714. The molecule has 0 spiro atoms. The van der Waals surface area contributed by atoms with E-state index < -0.39 is 6.10 Å². The normalized spacial score (nSPS) is 29.5. The van der Waals surface area contributed by atoms with Gasteiger partial charge in [-0.2, -0.15) is 0 Å². The van der Waals surface area contributed by atoms with Crippen LogP contribution in [-0.2, 0) is 11.2 Å². The first-order chi connectivity index (χ1) is 13.5. The Kier molecular flexibility index (Phi) is 5.69. The smallest absolute Gasteiger partial charge is 0.127 e. The maximum atomic E-state index is 10.1. The second kappa shape index (κ2) is 8.21. The van der Waals surface area contributed by atoms with Crippen molar-refractivity contribution in [3.05, 3.63) is 64.7 Å². The number of hydrogen-bond donors (Lipinski definition) is 3. The molecule has 150 valence electrons. The molecule has 4 rings (SSSR count). The third-order valence-electron chi connectivity index (χ3n) is 5.63. The van der Waals surface area contributed by atoms with Gasteiger partial charge in [-0.1, -0.05) is 30.3 Å². The van der Waals surface area contributed by atoms with Crippen molar-refractivity contribution in [3.63, 3.8) is 0 Å². The van der Waals surface area contributed by atoms with Gasteiger partial charge in [0.2, 0.25) is 0 Å². The summed E-state index contributed by atoms with van der Waals surface area (Å²) in [5.41, 5.74) is 4.65. The monoisotopic (exact) mass is 384 g/mol. The molecule has 2 aromatic rings. The molecule has 5 nitrogen and oxygen atoms in total. The van der Waals surface area contributed by atoms with E-state index in [2.05, 4.69) is 31.2 Å². The van der Waals surface area contributed by atoms with Gasteiger partial charge in [0.1, 0.15) is 11.9 Å². The SMILES string of the molecule is Cc1ccc([C@H]2CC(O)C[C@@H](CO)O2)cc1Cc1ccc(OC2CC2O)cc1. The molecule has 0 aromatic heterocycles. The van der Waals surface area contributed by atoms with Gasteiger partial charge in [0.25, 0.3) is 0 Å². The summed E-state index contributed by atoms with van der Waals surface area (Å²) in [6.07, 6.45) is 1.22. The first-order valence-electron chi connectivity index (χ1n) is 9.99. The van der Waals surface area contributed by atoms with Gasteiger partial charge >= 0.3 is 0 Å². The predicted molar refractivity (Wildman–Crippen MR) is 105 cm³/mol. The molecule has 2 aliphatic rings. The molecular weight excluding hydrogens is 356 g/mol. The summed E-state index contributed by atoms with van der Waals surface area (Å²) in [5, 5.41) is 28.9. The topological polar surface area (TPSA) is 79.2 Å². The van der Waals surface area contributed by atoms with E-state index in [1.54, 1.807) is 0 Å². The highest BCUT2D eigenvalue weighted by molar-refractivity contribution is 5.38. The molecule has 3 N–H and O–H groups in total. The van der Waals surface area contributed by atoms with Crippen molar-refractivity contribution in [1.82, 2.24) is 0 Å². The first-order valence-corrected chi connectivity index (χ1v) is 9.99. The second-order valence-electron chi connectivity index (χ2n) is 8.02. The van der Waals surface area contributed by atoms with Gasteiger partial charge in [0, 0.05) is 19.3 Å². The fraction of sp³-hybridized carbons (Fsp3) is 0.478. The van der Waals surface area contributed by atoms with E-state index in [1.165, 1.54) is 16.7 Å². The third kappa shape index (κ3) is 4.55. The van der Waals surface area contributed by atoms with E-state index in [0.29, 0.717) is 19.3 Å². The Bertz CT molecular complexity index is 803. The summed E-state index contributed by atoms with van der Waals surface area (Å²) in [5.74, 6) is 0.787. The average molecular weight is 384 g/mol. The lowest BCUT2D eigenvalue weighted by Crippen LogP contribution is -2.33. The largest absolute Gasteiger partial charge is 0.488 e. The van der Waals surface area contributed by atoms with Crippen molar-refractivity contribution in [2.45, 2.75) is 63.1 Å². The van der Waals surface area contributed by atoms with Crippen molar-refractivity contribution in [3.8, 4) is 5.75 Å². The van der Waals surface area contributed by atoms with Crippen LogP contribution in [0.3, 0.4) is 0 Å². The number of rotatable bonds is 6. The van der Waals surface area contributed by atoms with Crippen molar-refractivity contribution in [2.24, 2.45) is 0 Å². The van der Waals surface area contributed by atoms with Gasteiger partial charge in [-0.25, -0.2) is 0 Å². The van der Waals surface area contributed by atoms with Gasteiger partial charge in [-0.3, -0.25) is 0 Å². The van der Waals surface area contributed by atoms with Crippen molar-refractivity contribution < 1.29 is 24.8 Å². The van der Waals surface area contributed by atoms with Gasteiger partial charge in [-0.15, -0.1) is 0 Å². The number of aryl methyl sites for hydroxylation is 1. The Balaban J connectivity index is 1.46. The van der Waals surface area contributed by atoms with Crippen LogP contribution in [0.4, 0.5) is 0 Å². The Morgan fingerprint density at radius 1 is 1.04 bits per heavy atom. The summed E-state index contributed by atoms with van der Waals surface area (Å²) in [7, 11) is 0. The highest BCUT2D eigenvalue weighted by atomic mass is 16.5. The lowest BCUT2D eigenvalue weighted by atomic mass is 9.92. The molecule has 1 saturated heterocycles. The van der Waals surface area contributed by atoms with Crippen molar-refractivity contribution in [1.29, 1.82) is 0 Å². The molecule has 1 heterocycles. The zero-order valence-corrected chi connectivity index (χ0v) is 16.1. The molecule has 2 fully saturated rings. The van der Waals surface area contributed by atoms with Gasteiger partial charge in [-0.05, 0) is 47.7 Å². The van der Waals surface area contributed by atoms with Crippen LogP contribution >= 0.6 is 0 Å². The molecule has 0 bridgehead atoms. The zero-order chi connectivity index (χ0) is 19.7. The molecule has 1 aliphatic heterocycles. The van der Waals surface area contributed by atoms with Crippen molar-refractivity contribution >= 4 is 0 Å². The van der Waals surface area contributed by atoms with Crippen LogP contribution in [-0.4, -0.2) is 46.3 Å². The molecule has 5 heteroatoms. The molecule has 1 aliphatic carbocycles. The van der Waals surface area contributed by atoms with Gasteiger partial charge in [0.15, 0.2) is 0 Å². The minimum Gasteiger partial charge on any atom is -0.488 e. The van der Waals surface area contributed by atoms with Crippen LogP contribution < -0.4 is 4.74 Å². The lowest BCUT2D eigenvalue weighted by Gasteiger charge is -2.32. The average Bonchev–Trinajstić information content (AvgIpc) is 3.39. The number of hydrogen-bond acceptors (Lipinski definition) is 5. The van der Waals surface area contributed by atoms with E-state index in [-0.39, 0.29) is 31.0 Å². The molecule has 3 unspecified atom stereocenters. The van der Waals surface area contributed by atoms with Gasteiger partial charge < -0.3 is 24.8 Å². The van der Waals surface area contributed by atoms with E-state index in [1.807, 2.05) is 18.2 Å². The van der Waals surface area contributed by atoms with Crippen LogP contribution in [0.2, 0.25) is 0 Å². The molecule has 5 atom stereocenters. The Labute approximate surface area is 165 Å². The molecule has 0 amide bonds. The number of aliphatic hydroxyl groups is 3. The maximum absolute atomic E-state index is 10.1. The zero-order valence-electron chi connectivity index (χ0n) is 16.1. The van der Waals surface area contributed by atoms with Crippen LogP contribution in [0.5, 0.6) is 5.75 Å². The van der Waals surface area contributed by atoms with Gasteiger partial charge in [0.05, 0.1) is 31.0 Å². The summed E-state index contributed by atoms with van der Waals surface area (Å²) in [6.45, 7) is 2.02. The highest BCUT2D eigenvalue weighted by Gasteiger charge is 2.37. The molecular formula is C23H28O5. The Morgan fingerprint density at radius 3 is 2.46 bits per heavy atom. The van der Waals surface area contributed by atoms with E-state index in [4.69, 9.17) is 9.47 Å². The molecule has 28 heavy (non-hydrogen) atoms. The Hall–Kier alpha value is -1.92. The van der Waals surface area contributed by atoms with E-state index >= 15 is 0 Å². The predicted octanol–water partition coefficient (Wildman–Crippen LogP) is 2.67. The molecule has 0 radical (unpaired) electrons. The second-order valence-corrected chi connectivity index (χ2v) is 8.02. The number of ether oxygens (including phenoxy) is 2. The summed E-state index contributed by atoms with van der Waals surface area (Å²) >= 11 is 0. The number of aliphatic hydroxyl groups excluding tert-OH is 3. The highest BCUT2D eigenvalue weighted by Crippen LogP contribution is 2.33. The first kappa shape index (κ1) is 19.4. The summed E-state index contributed by atoms with van der Waals surface area (Å²) < 4.78 is 11.6. The fourth-order valence-electron chi connectivity index (χ4n) is 3.77. The number of benzene rings is 2. The Morgan fingerprint density at radius 2 is 1.79 bits per heavy atom. The lowest BCUT2D eigenvalue weighted by molar-refractivity contribution is -0.113. The van der Waals surface area contributed by atoms with Crippen LogP contribution in [0.1, 0.15) is 47.6 Å². The maximum Gasteiger partial charge on any atom is 0.127 e. The van der Waals surface area contributed by atoms with Crippen LogP contribution in [0.25, 0.3) is 0 Å². The third-order valence-corrected chi connectivity index (χ3v) is 5.63. The van der Waals surface area contributed by atoms with E-state index in [0.717, 1.165) is 17.7 Å². The van der Waals surface area contributed by atoms with E-state index in [9.17, 15) is 15.3 Å². The minimum absolute atomic E-state index is 0.0571. The summed E-state index contributed by atoms with van der Waals surface area (Å²) in [4.78, 5) is 0. The molecule has 1 saturated carbocycles.